The fourth-order valence-corrected chi connectivity index (χ4v) is 1.89. The predicted octanol–water partition coefficient (Wildman–Crippen LogP) is 3.85. The van der Waals surface area contributed by atoms with Gasteiger partial charge in [-0.1, -0.05) is 12.1 Å². The third-order valence-electron chi connectivity index (χ3n) is 3.32. The van der Waals surface area contributed by atoms with E-state index in [-0.39, 0.29) is 0 Å². The van der Waals surface area contributed by atoms with Crippen LogP contribution >= 0.6 is 0 Å². The summed E-state index contributed by atoms with van der Waals surface area (Å²) in [5.41, 5.74) is 4.19. The topological polar surface area (TPSA) is 42.4 Å². The Kier molecular flexibility index (Phi) is 3.86. The maximum atomic E-state index is 9.45. The van der Waals surface area contributed by atoms with Crippen LogP contribution in [0.2, 0.25) is 0 Å². The van der Waals surface area contributed by atoms with E-state index in [2.05, 4.69) is 18.0 Å². The van der Waals surface area contributed by atoms with Crippen LogP contribution in [0.25, 0.3) is 0 Å². The molecule has 0 aliphatic rings. The summed E-state index contributed by atoms with van der Waals surface area (Å²) < 4.78 is 5.86. The van der Waals surface area contributed by atoms with Crippen molar-refractivity contribution in [2.75, 3.05) is 0 Å². The molecule has 1 heterocycles. The predicted molar refractivity (Wildman–Crippen MR) is 75.6 cm³/mol. The van der Waals surface area contributed by atoms with Crippen molar-refractivity contribution in [3.8, 4) is 11.6 Å². The summed E-state index contributed by atoms with van der Waals surface area (Å²) in [6, 6.07) is 7.74. The van der Waals surface area contributed by atoms with Crippen molar-refractivity contribution >= 4 is 0 Å². The van der Waals surface area contributed by atoms with E-state index in [9.17, 15) is 5.11 Å². The minimum absolute atomic E-state index is 0.510. The van der Waals surface area contributed by atoms with Crippen molar-refractivity contribution in [3.05, 3.63) is 52.7 Å². The molecule has 0 spiro atoms. The first kappa shape index (κ1) is 13.6. The minimum Gasteiger partial charge on any atom is -0.438 e. The van der Waals surface area contributed by atoms with Crippen molar-refractivity contribution in [3.63, 3.8) is 0 Å². The van der Waals surface area contributed by atoms with Crippen molar-refractivity contribution in [2.24, 2.45) is 0 Å². The first-order chi connectivity index (χ1) is 8.99. The number of ether oxygens (including phenoxy) is 1. The van der Waals surface area contributed by atoms with Crippen molar-refractivity contribution < 1.29 is 9.84 Å². The van der Waals surface area contributed by atoms with E-state index < -0.39 is 6.10 Å². The van der Waals surface area contributed by atoms with Crippen LogP contribution in [0, 0.1) is 20.8 Å². The second-order valence-electron chi connectivity index (χ2n) is 4.86. The van der Waals surface area contributed by atoms with Crippen molar-refractivity contribution in [1.29, 1.82) is 0 Å². The molecular formula is C16H19NO2. The van der Waals surface area contributed by atoms with E-state index in [0.29, 0.717) is 5.88 Å². The summed E-state index contributed by atoms with van der Waals surface area (Å²) in [5.74, 6) is 1.40. The van der Waals surface area contributed by atoms with Crippen LogP contribution in [0.1, 0.15) is 35.3 Å². The highest BCUT2D eigenvalue weighted by Gasteiger charge is 2.09. The molecule has 19 heavy (non-hydrogen) atoms. The first-order valence-electron chi connectivity index (χ1n) is 6.37. The number of aromatic nitrogens is 1. The normalized spacial score (nSPS) is 12.3. The molecule has 0 bridgehead atoms. The smallest absolute Gasteiger partial charge is 0.219 e. The molecule has 0 radical (unpaired) electrons. The Morgan fingerprint density at radius 2 is 1.74 bits per heavy atom. The average molecular weight is 257 g/mol. The van der Waals surface area contributed by atoms with E-state index in [4.69, 9.17) is 4.74 Å². The molecule has 2 aromatic rings. The highest BCUT2D eigenvalue weighted by Crippen LogP contribution is 2.29. The zero-order valence-corrected chi connectivity index (χ0v) is 11.8. The van der Waals surface area contributed by atoms with Crippen LogP contribution in [-0.2, 0) is 0 Å². The zero-order valence-electron chi connectivity index (χ0n) is 11.8. The lowest BCUT2D eigenvalue weighted by atomic mass is 10.1. The van der Waals surface area contributed by atoms with Crippen LogP contribution in [-0.4, -0.2) is 10.1 Å². The minimum atomic E-state index is -0.510. The van der Waals surface area contributed by atoms with Crippen LogP contribution in [0.3, 0.4) is 0 Å². The van der Waals surface area contributed by atoms with Gasteiger partial charge in [-0.3, -0.25) is 0 Å². The van der Waals surface area contributed by atoms with E-state index in [1.54, 1.807) is 19.2 Å². The fraction of sp³-hybridized carbons (Fsp3) is 0.312. The van der Waals surface area contributed by atoms with Gasteiger partial charge in [-0.25, -0.2) is 4.98 Å². The SMILES string of the molecule is Cc1ccc(C)c(Oc2ccc([C@H](C)O)cn2)c1C. The fourth-order valence-electron chi connectivity index (χ4n) is 1.89. The van der Waals surface area contributed by atoms with Gasteiger partial charge in [-0.15, -0.1) is 0 Å². The molecule has 3 heteroatoms. The molecule has 1 N–H and O–H groups in total. The number of aliphatic hydroxyl groups is 1. The highest BCUT2D eigenvalue weighted by atomic mass is 16.5. The van der Waals surface area contributed by atoms with Crippen LogP contribution in [0.5, 0.6) is 11.6 Å². The van der Waals surface area contributed by atoms with Gasteiger partial charge in [0.25, 0.3) is 0 Å². The van der Waals surface area contributed by atoms with E-state index in [0.717, 1.165) is 22.4 Å². The molecule has 100 valence electrons. The lowest BCUT2D eigenvalue weighted by molar-refractivity contribution is 0.198. The largest absolute Gasteiger partial charge is 0.438 e. The van der Waals surface area contributed by atoms with Gasteiger partial charge >= 0.3 is 0 Å². The number of rotatable bonds is 3. The quantitative estimate of drug-likeness (QED) is 0.908. The maximum absolute atomic E-state index is 9.45. The molecule has 0 aliphatic carbocycles. The molecular weight excluding hydrogens is 238 g/mol. The van der Waals surface area contributed by atoms with Gasteiger partial charge in [0, 0.05) is 12.3 Å². The Morgan fingerprint density at radius 3 is 2.32 bits per heavy atom. The Bertz CT molecular complexity index is 574. The highest BCUT2D eigenvalue weighted by molar-refractivity contribution is 5.46. The Morgan fingerprint density at radius 1 is 1.05 bits per heavy atom. The number of hydrogen-bond donors (Lipinski definition) is 1. The van der Waals surface area contributed by atoms with Crippen molar-refractivity contribution in [1.82, 2.24) is 4.98 Å². The van der Waals surface area contributed by atoms with Gasteiger partial charge in [0.15, 0.2) is 0 Å². The Labute approximate surface area is 113 Å². The number of hydrogen-bond acceptors (Lipinski definition) is 3. The summed E-state index contributed by atoms with van der Waals surface area (Å²) >= 11 is 0. The second kappa shape index (κ2) is 5.41. The van der Waals surface area contributed by atoms with Gasteiger partial charge in [0.1, 0.15) is 5.75 Å². The second-order valence-corrected chi connectivity index (χ2v) is 4.86. The molecule has 1 aromatic carbocycles. The van der Waals surface area contributed by atoms with E-state index in [1.807, 2.05) is 26.0 Å². The van der Waals surface area contributed by atoms with Crippen LogP contribution < -0.4 is 4.74 Å². The molecule has 0 unspecified atom stereocenters. The average Bonchev–Trinajstić information content (AvgIpc) is 2.40. The summed E-state index contributed by atoms with van der Waals surface area (Å²) in [5, 5.41) is 9.45. The summed E-state index contributed by atoms with van der Waals surface area (Å²) in [7, 11) is 0. The van der Waals surface area contributed by atoms with Crippen molar-refractivity contribution in [2.45, 2.75) is 33.8 Å². The van der Waals surface area contributed by atoms with Gasteiger partial charge in [-0.2, -0.15) is 0 Å². The Hall–Kier alpha value is -1.87. The lowest BCUT2D eigenvalue weighted by Crippen LogP contribution is -1.97. The zero-order chi connectivity index (χ0) is 14.0. The monoisotopic (exact) mass is 257 g/mol. The molecule has 0 aliphatic heterocycles. The molecule has 3 nitrogen and oxygen atoms in total. The van der Waals surface area contributed by atoms with Crippen LogP contribution in [0.15, 0.2) is 30.5 Å². The number of aliphatic hydroxyl groups excluding tert-OH is 1. The Balaban J connectivity index is 2.29. The molecule has 1 atom stereocenters. The number of benzene rings is 1. The molecule has 0 amide bonds. The van der Waals surface area contributed by atoms with Gasteiger partial charge in [0.2, 0.25) is 5.88 Å². The summed E-state index contributed by atoms with van der Waals surface area (Å²) in [6.07, 6.45) is 1.13. The lowest BCUT2D eigenvalue weighted by Gasteiger charge is -2.13. The summed E-state index contributed by atoms with van der Waals surface area (Å²) in [6.45, 7) is 7.84. The third-order valence-corrected chi connectivity index (χ3v) is 3.32. The number of pyridine rings is 1. The van der Waals surface area contributed by atoms with Crippen LogP contribution in [0.4, 0.5) is 0 Å². The van der Waals surface area contributed by atoms with Gasteiger partial charge in [0.05, 0.1) is 6.10 Å². The standard InChI is InChI=1S/C16H19NO2/c1-10-5-6-11(2)16(12(10)3)19-15-8-7-14(9-17-15)13(4)18/h5-9,13,18H,1-4H3/t13-/m0/s1. The molecule has 0 saturated carbocycles. The third kappa shape index (κ3) is 2.93. The maximum Gasteiger partial charge on any atom is 0.219 e. The van der Waals surface area contributed by atoms with Gasteiger partial charge < -0.3 is 9.84 Å². The molecule has 1 aromatic heterocycles. The first-order valence-corrected chi connectivity index (χ1v) is 6.37. The van der Waals surface area contributed by atoms with E-state index >= 15 is 0 Å². The van der Waals surface area contributed by atoms with Gasteiger partial charge in [-0.05, 0) is 56.0 Å². The summed E-state index contributed by atoms with van der Waals surface area (Å²) in [4.78, 5) is 4.22. The molecule has 0 saturated heterocycles. The number of aryl methyl sites for hydroxylation is 2. The van der Waals surface area contributed by atoms with E-state index in [1.165, 1.54) is 5.56 Å². The molecule has 2 rings (SSSR count). The number of nitrogens with zero attached hydrogens (tertiary/aromatic N) is 1. The molecule has 0 fully saturated rings.